The molecule has 2 aliphatic carbocycles. The largest absolute Gasteiger partial charge is 0.322 e. The Labute approximate surface area is 206 Å². The van der Waals surface area contributed by atoms with Crippen molar-refractivity contribution in [1.29, 1.82) is 5.26 Å². The Kier molecular flexibility index (Phi) is 4.97. The molecule has 0 radical (unpaired) electrons. The quantitative estimate of drug-likeness (QED) is 0.567. The minimum atomic E-state index is -2.47. The van der Waals surface area contributed by atoms with Gasteiger partial charge in [-0.3, -0.25) is 14.3 Å². The van der Waals surface area contributed by atoms with Crippen molar-refractivity contribution in [3.05, 3.63) is 77.1 Å². The van der Waals surface area contributed by atoms with Gasteiger partial charge in [-0.1, -0.05) is 18.2 Å². The van der Waals surface area contributed by atoms with Gasteiger partial charge in [0.1, 0.15) is 5.69 Å². The Bertz CT molecular complexity index is 1420. The lowest BCUT2D eigenvalue weighted by atomic mass is 9.69. The van der Waals surface area contributed by atoms with Crippen LogP contribution in [-0.2, 0) is 13.0 Å². The maximum atomic E-state index is 13.5. The highest BCUT2D eigenvalue weighted by Gasteiger charge is 2.75. The molecular weight excluding hydrogens is 464 g/mol. The van der Waals surface area contributed by atoms with E-state index in [1.165, 1.54) is 10.9 Å². The van der Waals surface area contributed by atoms with Crippen LogP contribution in [0.15, 0.2) is 54.7 Å². The van der Waals surface area contributed by atoms with Crippen LogP contribution in [0.3, 0.4) is 0 Å². The highest BCUT2D eigenvalue weighted by atomic mass is 19.3. The summed E-state index contributed by atoms with van der Waals surface area (Å²) in [6.45, 7) is 0.858. The van der Waals surface area contributed by atoms with Crippen LogP contribution in [0.2, 0.25) is 0 Å². The fourth-order valence-electron chi connectivity index (χ4n) is 5.64. The van der Waals surface area contributed by atoms with Gasteiger partial charge in [-0.05, 0) is 61.1 Å². The second-order valence-electron chi connectivity index (χ2n) is 10.0. The van der Waals surface area contributed by atoms with Crippen LogP contribution in [0.5, 0.6) is 0 Å². The molecule has 2 heterocycles. The molecule has 3 aromatic rings. The molecule has 3 aliphatic rings. The number of rotatable bonds is 5. The summed E-state index contributed by atoms with van der Waals surface area (Å²) in [6.07, 6.45) is 3.35. The van der Waals surface area contributed by atoms with Crippen molar-refractivity contribution in [2.75, 3.05) is 16.8 Å². The van der Waals surface area contributed by atoms with E-state index < -0.39 is 17.2 Å². The first-order valence-electron chi connectivity index (χ1n) is 11.9. The number of nitriles is 1. The van der Waals surface area contributed by atoms with Crippen LogP contribution < -0.4 is 10.2 Å². The Morgan fingerprint density at radius 3 is 2.61 bits per heavy atom. The molecule has 1 aromatic heterocycles. The van der Waals surface area contributed by atoms with Gasteiger partial charge in [0.15, 0.2) is 0 Å². The van der Waals surface area contributed by atoms with Crippen LogP contribution in [0.25, 0.3) is 0 Å². The van der Waals surface area contributed by atoms with Gasteiger partial charge in [0, 0.05) is 29.8 Å². The van der Waals surface area contributed by atoms with Crippen molar-refractivity contribution in [1.82, 2.24) is 9.78 Å². The van der Waals surface area contributed by atoms with E-state index in [2.05, 4.69) is 10.4 Å². The second-order valence-corrected chi connectivity index (χ2v) is 10.0. The molecule has 7 nitrogen and oxygen atoms in total. The number of anilines is 2. The molecule has 0 saturated heterocycles. The Balaban J connectivity index is 1.15. The molecule has 2 fully saturated rings. The summed E-state index contributed by atoms with van der Waals surface area (Å²) in [6, 6.07) is 16.2. The SMILES string of the molecule is N#Cc1cccc(NC(=O)c2cnn3c2C(=O)N(c2ccc(CC4CC5(C4)CC5(F)F)cc2)CC3)c1. The molecule has 1 N–H and O–H groups in total. The summed E-state index contributed by atoms with van der Waals surface area (Å²) < 4.78 is 28.5. The molecular formula is C27H23F2N5O2. The molecule has 2 saturated carbocycles. The number of fused-ring (bicyclic) bond motifs is 1. The first-order valence-corrected chi connectivity index (χ1v) is 11.9. The molecule has 0 atom stereocenters. The van der Waals surface area contributed by atoms with Crippen molar-refractivity contribution >= 4 is 23.2 Å². The molecule has 1 spiro atoms. The van der Waals surface area contributed by atoms with Gasteiger partial charge in [-0.25, -0.2) is 8.78 Å². The number of benzene rings is 2. The summed E-state index contributed by atoms with van der Waals surface area (Å²) in [5.41, 5.74) is 2.31. The lowest BCUT2D eigenvalue weighted by molar-refractivity contribution is 0.00200. The summed E-state index contributed by atoms with van der Waals surface area (Å²) in [5, 5.41) is 16.0. The summed E-state index contributed by atoms with van der Waals surface area (Å²) in [5.74, 6) is -2.98. The number of nitrogens with zero attached hydrogens (tertiary/aromatic N) is 4. The summed E-state index contributed by atoms with van der Waals surface area (Å²) >= 11 is 0. The van der Waals surface area contributed by atoms with E-state index in [0.717, 1.165) is 12.0 Å². The minimum Gasteiger partial charge on any atom is -0.322 e. The first-order chi connectivity index (χ1) is 17.3. The Morgan fingerprint density at radius 1 is 1.17 bits per heavy atom. The van der Waals surface area contributed by atoms with E-state index in [4.69, 9.17) is 5.26 Å². The summed E-state index contributed by atoms with van der Waals surface area (Å²) in [4.78, 5) is 27.9. The van der Waals surface area contributed by atoms with Crippen LogP contribution in [0, 0.1) is 22.7 Å². The molecule has 36 heavy (non-hydrogen) atoms. The maximum Gasteiger partial charge on any atom is 0.277 e. The van der Waals surface area contributed by atoms with Gasteiger partial charge >= 0.3 is 0 Å². The zero-order valence-electron chi connectivity index (χ0n) is 19.4. The number of alkyl halides is 2. The fourth-order valence-corrected chi connectivity index (χ4v) is 5.64. The van der Waals surface area contributed by atoms with Gasteiger partial charge in [0.25, 0.3) is 17.7 Å². The highest BCUT2D eigenvalue weighted by molar-refractivity contribution is 6.15. The van der Waals surface area contributed by atoms with Crippen molar-refractivity contribution in [2.45, 2.75) is 38.2 Å². The number of halogens is 2. The van der Waals surface area contributed by atoms with Crippen molar-refractivity contribution < 1.29 is 18.4 Å². The van der Waals surface area contributed by atoms with Gasteiger partial charge in [-0.2, -0.15) is 10.4 Å². The van der Waals surface area contributed by atoms with Gasteiger partial charge < -0.3 is 10.2 Å². The number of aromatic nitrogens is 2. The molecule has 182 valence electrons. The molecule has 6 rings (SSSR count). The fraction of sp³-hybridized carbons (Fsp3) is 0.333. The maximum absolute atomic E-state index is 13.5. The molecule has 9 heteroatoms. The van der Waals surface area contributed by atoms with E-state index in [9.17, 15) is 18.4 Å². The number of amides is 2. The number of nitrogens with one attached hydrogen (secondary N) is 1. The lowest BCUT2D eigenvalue weighted by Gasteiger charge is -2.36. The van der Waals surface area contributed by atoms with E-state index in [1.54, 1.807) is 29.2 Å². The van der Waals surface area contributed by atoms with E-state index in [1.807, 2.05) is 30.3 Å². The third kappa shape index (κ3) is 3.65. The average molecular weight is 488 g/mol. The van der Waals surface area contributed by atoms with E-state index in [-0.39, 0.29) is 29.5 Å². The first kappa shape index (κ1) is 22.4. The minimum absolute atomic E-state index is 0.0371. The van der Waals surface area contributed by atoms with E-state index >= 15 is 0 Å². The van der Waals surface area contributed by atoms with E-state index in [0.29, 0.717) is 42.9 Å². The Hall–Kier alpha value is -4.06. The molecule has 2 amide bonds. The predicted octanol–water partition coefficient (Wildman–Crippen LogP) is 4.65. The zero-order chi connectivity index (χ0) is 25.1. The third-order valence-corrected chi connectivity index (χ3v) is 7.66. The van der Waals surface area contributed by atoms with Gasteiger partial charge in [0.2, 0.25) is 0 Å². The monoisotopic (exact) mass is 487 g/mol. The number of carbonyl (C=O) groups is 2. The van der Waals surface area contributed by atoms with Crippen molar-refractivity contribution in [3.63, 3.8) is 0 Å². The third-order valence-electron chi connectivity index (χ3n) is 7.66. The predicted molar refractivity (Wildman–Crippen MR) is 128 cm³/mol. The van der Waals surface area contributed by atoms with Crippen molar-refractivity contribution in [2.24, 2.45) is 11.3 Å². The number of hydrogen-bond donors (Lipinski definition) is 1. The molecule has 2 aromatic carbocycles. The second kappa shape index (κ2) is 7.98. The van der Waals surface area contributed by atoms with Crippen LogP contribution in [0.4, 0.5) is 20.2 Å². The topological polar surface area (TPSA) is 91.0 Å². The standard InChI is InChI=1S/C27H23F2N5O2/c28-27(29)16-26(27)12-19(13-26)10-17-4-6-21(7-5-17)33-8-9-34-23(25(33)36)22(15-31-34)24(35)32-20-3-1-2-18(11-20)14-30/h1-7,11,15,19H,8-10,12-13,16H2,(H,32,35). The van der Waals surface area contributed by atoms with Gasteiger partial charge in [-0.15, -0.1) is 0 Å². The molecule has 0 bridgehead atoms. The van der Waals surface area contributed by atoms with Crippen LogP contribution in [-0.4, -0.2) is 34.1 Å². The zero-order valence-corrected chi connectivity index (χ0v) is 19.4. The lowest BCUT2D eigenvalue weighted by Crippen LogP contribution is -2.41. The highest BCUT2D eigenvalue weighted by Crippen LogP contribution is 2.73. The van der Waals surface area contributed by atoms with Gasteiger partial charge in [0.05, 0.1) is 29.9 Å². The number of carbonyl (C=O) groups excluding carboxylic acids is 2. The molecule has 1 aliphatic heterocycles. The Morgan fingerprint density at radius 2 is 1.92 bits per heavy atom. The molecule has 0 unspecified atom stereocenters. The van der Waals surface area contributed by atoms with Crippen LogP contribution >= 0.6 is 0 Å². The smallest absolute Gasteiger partial charge is 0.277 e. The number of hydrogen-bond acceptors (Lipinski definition) is 4. The normalized spacial score (nSPS) is 23.5. The summed E-state index contributed by atoms with van der Waals surface area (Å²) in [7, 11) is 0. The average Bonchev–Trinajstić information content (AvgIpc) is 3.20. The van der Waals surface area contributed by atoms with Crippen molar-refractivity contribution in [3.8, 4) is 6.07 Å². The van der Waals surface area contributed by atoms with Crippen LogP contribution in [0.1, 0.15) is 51.2 Å².